The number of amides is 3. The Hall–Kier alpha value is -3.34. The fourth-order valence-electron chi connectivity index (χ4n) is 3.11. The number of ether oxygens (including phenoxy) is 1. The van der Waals surface area contributed by atoms with Crippen LogP contribution in [-0.2, 0) is 27.2 Å². The average Bonchev–Trinajstić information content (AvgIpc) is 3.28. The van der Waals surface area contributed by atoms with Crippen molar-refractivity contribution in [1.82, 2.24) is 20.2 Å². The second-order valence-corrected chi connectivity index (χ2v) is 8.81. The average molecular weight is 516 g/mol. The fourth-order valence-corrected chi connectivity index (χ4v) is 3.96. The van der Waals surface area contributed by atoms with Crippen LogP contribution < -0.4 is 10.6 Å². The van der Waals surface area contributed by atoms with E-state index in [4.69, 9.17) is 16.3 Å². The minimum atomic E-state index is -0.399. The number of halogens is 1. The van der Waals surface area contributed by atoms with E-state index in [1.165, 1.54) is 23.3 Å². The third-order valence-electron chi connectivity index (χ3n) is 4.85. The van der Waals surface area contributed by atoms with Crippen LogP contribution in [0.4, 0.5) is 5.13 Å². The zero-order valence-electron chi connectivity index (χ0n) is 19.2. The quantitative estimate of drug-likeness (QED) is 0.383. The molecule has 3 rings (SSSR count). The van der Waals surface area contributed by atoms with Crippen molar-refractivity contribution < 1.29 is 19.1 Å². The van der Waals surface area contributed by atoms with E-state index in [-0.39, 0.29) is 37.9 Å². The predicted octanol–water partition coefficient (Wildman–Crippen LogP) is 2.82. The van der Waals surface area contributed by atoms with E-state index in [1.54, 1.807) is 35.8 Å². The normalized spacial score (nSPS) is 10.6. The van der Waals surface area contributed by atoms with E-state index >= 15 is 0 Å². The number of hydrogen-bond donors (Lipinski definition) is 2. The molecule has 9 nitrogen and oxygen atoms in total. The van der Waals surface area contributed by atoms with Gasteiger partial charge in [0.15, 0.2) is 5.13 Å². The van der Waals surface area contributed by atoms with E-state index in [0.29, 0.717) is 34.4 Å². The molecule has 0 saturated heterocycles. The van der Waals surface area contributed by atoms with Crippen LogP contribution in [0.3, 0.4) is 0 Å². The number of benzene rings is 1. The molecule has 2 aromatic heterocycles. The molecule has 2 heterocycles. The molecule has 0 bridgehead atoms. The highest BCUT2D eigenvalue weighted by molar-refractivity contribution is 7.13. The summed E-state index contributed by atoms with van der Waals surface area (Å²) >= 11 is 7.11. The number of hydrogen-bond acceptors (Lipinski definition) is 7. The highest BCUT2D eigenvalue weighted by Gasteiger charge is 2.19. The molecule has 0 aliphatic carbocycles. The maximum atomic E-state index is 12.8. The van der Waals surface area contributed by atoms with Crippen LogP contribution in [0.25, 0.3) is 0 Å². The van der Waals surface area contributed by atoms with E-state index < -0.39 is 5.91 Å². The zero-order valence-corrected chi connectivity index (χ0v) is 20.8. The van der Waals surface area contributed by atoms with Crippen molar-refractivity contribution in [3.63, 3.8) is 0 Å². The molecule has 0 fully saturated rings. The van der Waals surface area contributed by atoms with Crippen LogP contribution in [0, 0.1) is 0 Å². The van der Waals surface area contributed by atoms with Crippen molar-refractivity contribution >= 4 is 45.8 Å². The molecule has 0 saturated carbocycles. The topological polar surface area (TPSA) is 114 Å². The van der Waals surface area contributed by atoms with Crippen molar-refractivity contribution in [2.45, 2.75) is 12.8 Å². The second-order valence-electron chi connectivity index (χ2n) is 7.52. The number of nitrogens with one attached hydrogen (secondary N) is 2. The minimum Gasteiger partial charge on any atom is -0.383 e. The number of nitrogens with zero attached hydrogens (tertiary/aromatic N) is 3. The number of thiazole rings is 1. The molecule has 0 spiro atoms. The molecule has 2 N–H and O–H groups in total. The van der Waals surface area contributed by atoms with Gasteiger partial charge in [0.25, 0.3) is 5.91 Å². The Morgan fingerprint density at radius 2 is 1.89 bits per heavy atom. The summed E-state index contributed by atoms with van der Waals surface area (Å²) in [5.74, 6) is -0.872. The van der Waals surface area contributed by atoms with Gasteiger partial charge in [0.05, 0.1) is 18.7 Å². The lowest BCUT2D eigenvalue weighted by molar-refractivity contribution is -0.120. The molecule has 3 amide bonds. The van der Waals surface area contributed by atoms with Crippen LogP contribution in [-0.4, -0.2) is 65.9 Å². The summed E-state index contributed by atoms with van der Waals surface area (Å²) in [6, 6.07) is 12.1. The molecule has 1 aromatic carbocycles. The molecule has 35 heavy (non-hydrogen) atoms. The largest absolute Gasteiger partial charge is 0.383 e. The van der Waals surface area contributed by atoms with Gasteiger partial charge in [-0.15, -0.1) is 11.3 Å². The Kier molecular flexibility index (Phi) is 10.1. The summed E-state index contributed by atoms with van der Waals surface area (Å²) in [6.07, 6.45) is 2.45. The SMILES string of the molecule is COCCN(CC(=O)Nc1nc(CC(=O)NCCc2ccccn2)cs1)C(=O)c1ccc(Cl)cc1. The van der Waals surface area contributed by atoms with E-state index in [9.17, 15) is 14.4 Å². The van der Waals surface area contributed by atoms with Crippen LogP contribution in [0.2, 0.25) is 5.02 Å². The first-order valence-corrected chi connectivity index (χ1v) is 12.1. The summed E-state index contributed by atoms with van der Waals surface area (Å²) in [7, 11) is 1.52. The Labute approximate surface area is 212 Å². The predicted molar refractivity (Wildman–Crippen MR) is 135 cm³/mol. The second kappa shape index (κ2) is 13.5. The monoisotopic (exact) mass is 515 g/mol. The lowest BCUT2D eigenvalue weighted by Gasteiger charge is -2.21. The maximum absolute atomic E-state index is 12.8. The van der Waals surface area contributed by atoms with Gasteiger partial charge in [-0.2, -0.15) is 0 Å². The third-order valence-corrected chi connectivity index (χ3v) is 5.91. The minimum absolute atomic E-state index is 0.101. The number of carbonyl (C=O) groups is 3. The number of carbonyl (C=O) groups excluding carboxylic acids is 3. The Morgan fingerprint density at radius 1 is 1.09 bits per heavy atom. The molecule has 0 atom stereocenters. The standard InChI is InChI=1S/C24H26ClN5O4S/c1-34-13-12-30(23(33)17-5-7-18(25)8-6-17)15-22(32)29-24-28-20(16-35-24)14-21(31)27-11-9-19-4-2-3-10-26-19/h2-8,10,16H,9,11-15H2,1H3,(H,27,31)(H,28,29,32). The van der Waals surface area contributed by atoms with Crippen LogP contribution in [0.1, 0.15) is 21.7 Å². The Morgan fingerprint density at radius 3 is 2.60 bits per heavy atom. The lowest BCUT2D eigenvalue weighted by Crippen LogP contribution is -2.40. The Bertz CT molecular complexity index is 1120. The van der Waals surface area contributed by atoms with Gasteiger partial charge in [0, 0.05) is 54.5 Å². The molecule has 11 heteroatoms. The zero-order chi connectivity index (χ0) is 25.0. The summed E-state index contributed by atoms with van der Waals surface area (Å²) in [5, 5.41) is 8.13. The summed E-state index contributed by atoms with van der Waals surface area (Å²) in [6.45, 7) is 0.826. The van der Waals surface area contributed by atoms with Gasteiger partial charge in [0.2, 0.25) is 11.8 Å². The van der Waals surface area contributed by atoms with Crippen molar-refractivity contribution in [2.24, 2.45) is 0 Å². The van der Waals surface area contributed by atoms with E-state index in [1.807, 2.05) is 18.2 Å². The van der Waals surface area contributed by atoms with Gasteiger partial charge in [-0.1, -0.05) is 17.7 Å². The first kappa shape index (κ1) is 26.3. The number of aromatic nitrogens is 2. The first-order valence-electron chi connectivity index (χ1n) is 10.9. The smallest absolute Gasteiger partial charge is 0.254 e. The number of methoxy groups -OCH3 is 1. The number of anilines is 1. The molecule has 3 aromatic rings. The maximum Gasteiger partial charge on any atom is 0.254 e. The van der Waals surface area contributed by atoms with Gasteiger partial charge in [-0.25, -0.2) is 4.98 Å². The summed E-state index contributed by atoms with van der Waals surface area (Å²) < 4.78 is 5.07. The van der Waals surface area contributed by atoms with Gasteiger partial charge in [0.1, 0.15) is 6.54 Å². The van der Waals surface area contributed by atoms with Crippen LogP contribution in [0.15, 0.2) is 54.0 Å². The van der Waals surface area contributed by atoms with Gasteiger partial charge >= 0.3 is 0 Å². The molecule has 0 aliphatic rings. The molecule has 0 aliphatic heterocycles. The highest BCUT2D eigenvalue weighted by atomic mass is 35.5. The molecular weight excluding hydrogens is 490 g/mol. The van der Waals surface area contributed by atoms with Gasteiger partial charge in [-0.05, 0) is 36.4 Å². The summed E-state index contributed by atoms with van der Waals surface area (Å²) in [5.41, 5.74) is 1.87. The van der Waals surface area contributed by atoms with Crippen molar-refractivity contribution in [3.8, 4) is 0 Å². The van der Waals surface area contributed by atoms with Gasteiger partial charge in [-0.3, -0.25) is 19.4 Å². The molecule has 184 valence electrons. The first-order chi connectivity index (χ1) is 16.9. The van der Waals surface area contributed by atoms with Crippen molar-refractivity contribution in [2.75, 3.05) is 38.7 Å². The summed E-state index contributed by atoms with van der Waals surface area (Å²) in [4.78, 5) is 47.6. The van der Waals surface area contributed by atoms with Gasteiger partial charge < -0.3 is 20.3 Å². The number of pyridine rings is 1. The van der Waals surface area contributed by atoms with Crippen LogP contribution in [0.5, 0.6) is 0 Å². The van der Waals surface area contributed by atoms with E-state index in [0.717, 1.165) is 5.69 Å². The van der Waals surface area contributed by atoms with Crippen molar-refractivity contribution in [1.29, 1.82) is 0 Å². The molecule has 0 unspecified atom stereocenters. The van der Waals surface area contributed by atoms with Crippen LogP contribution >= 0.6 is 22.9 Å². The number of rotatable bonds is 12. The molecular formula is C24H26ClN5O4S. The third kappa shape index (κ3) is 8.75. The lowest BCUT2D eigenvalue weighted by atomic mass is 10.2. The highest BCUT2D eigenvalue weighted by Crippen LogP contribution is 2.16. The van der Waals surface area contributed by atoms with E-state index in [2.05, 4.69) is 20.6 Å². The fraction of sp³-hybridized carbons (Fsp3) is 0.292. The Balaban J connectivity index is 1.49. The van der Waals surface area contributed by atoms with Crippen molar-refractivity contribution in [3.05, 3.63) is 76.0 Å². The molecule has 0 radical (unpaired) electrons.